The van der Waals surface area contributed by atoms with E-state index in [1.54, 1.807) is 24.8 Å². The van der Waals surface area contributed by atoms with Crippen LogP contribution in [0.15, 0.2) is 165 Å². The molecule has 0 unspecified atom stereocenters. The third-order valence-electron chi connectivity index (χ3n) is 9.13. The Morgan fingerprint density at radius 2 is 0.796 bits per heavy atom. The normalized spacial score (nSPS) is 11.3. The second-order valence-corrected chi connectivity index (χ2v) is 12.5. The topological polar surface area (TPSA) is 126 Å². The molecule has 11 heteroatoms. The molecule has 0 saturated carbocycles. The number of fused-ring (bicyclic) bond motifs is 2. The molecule has 10 rings (SSSR count). The van der Waals surface area contributed by atoms with E-state index < -0.39 is 0 Å². The van der Waals surface area contributed by atoms with Crippen LogP contribution in [0.3, 0.4) is 0 Å². The van der Waals surface area contributed by atoms with E-state index in [-0.39, 0.29) is 0 Å². The van der Waals surface area contributed by atoms with E-state index in [0.29, 0.717) is 28.9 Å². The Labute approximate surface area is 308 Å². The highest BCUT2D eigenvalue weighted by Gasteiger charge is 2.19. The summed E-state index contributed by atoms with van der Waals surface area (Å²) in [6, 6.07) is 41.7. The molecule has 7 heterocycles. The van der Waals surface area contributed by atoms with Crippen LogP contribution in [0.2, 0.25) is 0 Å². The molecule has 7 aromatic heterocycles. The van der Waals surface area contributed by atoms with Gasteiger partial charge in [-0.1, -0.05) is 54.6 Å². The van der Waals surface area contributed by atoms with Crippen LogP contribution in [-0.2, 0) is 0 Å². The molecule has 0 bridgehead atoms. The zero-order valence-electron chi connectivity index (χ0n) is 28.5. The summed E-state index contributed by atoms with van der Waals surface area (Å²) in [6.07, 6.45) is 10.7. The van der Waals surface area contributed by atoms with Gasteiger partial charge in [-0.05, 0) is 72.8 Å². The van der Waals surface area contributed by atoms with E-state index in [2.05, 4.69) is 31.2 Å². The number of pyridine rings is 4. The van der Waals surface area contributed by atoms with Crippen LogP contribution in [0.4, 0.5) is 0 Å². The van der Waals surface area contributed by atoms with E-state index in [0.717, 1.165) is 61.8 Å². The SMILES string of the molecule is c1ccc(-c2nc(-c3ccc(-c4nc5ccccc5n4-c4ccncc4)cn3)nc(-c3ccc(-c4nc5ccccc5n4-c4ccncc4)cn3)n2)cc1. The van der Waals surface area contributed by atoms with Gasteiger partial charge in [-0.15, -0.1) is 0 Å². The molecule has 0 fully saturated rings. The number of benzene rings is 3. The minimum absolute atomic E-state index is 0.429. The lowest BCUT2D eigenvalue weighted by atomic mass is 10.2. The Morgan fingerprint density at radius 3 is 1.26 bits per heavy atom. The minimum atomic E-state index is 0.429. The van der Waals surface area contributed by atoms with E-state index >= 15 is 0 Å². The summed E-state index contributed by atoms with van der Waals surface area (Å²) in [4.78, 5) is 42.7. The maximum absolute atomic E-state index is 4.98. The van der Waals surface area contributed by atoms with Gasteiger partial charge in [0.2, 0.25) is 0 Å². The average Bonchev–Trinajstić information content (AvgIpc) is 3.84. The van der Waals surface area contributed by atoms with Gasteiger partial charge in [0.25, 0.3) is 0 Å². The minimum Gasteiger partial charge on any atom is -0.292 e. The number of rotatable bonds is 7. The fourth-order valence-corrected chi connectivity index (χ4v) is 6.59. The Balaban J connectivity index is 1.05. The third-order valence-corrected chi connectivity index (χ3v) is 9.13. The van der Waals surface area contributed by atoms with Crippen molar-refractivity contribution in [2.75, 3.05) is 0 Å². The quantitative estimate of drug-likeness (QED) is 0.161. The molecule has 0 spiro atoms. The predicted octanol–water partition coefficient (Wildman–Crippen LogP) is 8.46. The van der Waals surface area contributed by atoms with Crippen molar-refractivity contribution >= 4 is 22.1 Å². The molecule has 54 heavy (non-hydrogen) atoms. The summed E-state index contributed by atoms with van der Waals surface area (Å²) in [6.45, 7) is 0. The van der Waals surface area contributed by atoms with E-state index in [4.69, 9.17) is 34.9 Å². The van der Waals surface area contributed by atoms with Crippen molar-refractivity contribution in [2.24, 2.45) is 0 Å². The molecule has 10 aromatic rings. The van der Waals surface area contributed by atoms with Crippen molar-refractivity contribution in [2.45, 2.75) is 0 Å². The highest BCUT2D eigenvalue weighted by Crippen LogP contribution is 2.31. The number of para-hydroxylation sites is 4. The molecular formula is C43H27N11. The van der Waals surface area contributed by atoms with Gasteiger partial charge in [-0.3, -0.25) is 29.1 Å². The number of nitrogens with zero attached hydrogens (tertiary/aromatic N) is 11. The van der Waals surface area contributed by atoms with Crippen molar-refractivity contribution < 1.29 is 0 Å². The highest BCUT2D eigenvalue weighted by atomic mass is 15.1. The first-order valence-electron chi connectivity index (χ1n) is 17.3. The van der Waals surface area contributed by atoms with Crippen LogP contribution >= 0.6 is 0 Å². The lowest BCUT2D eigenvalue weighted by Crippen LogP contribution is -2.03. The second-order valence-electron chi connectivity index (χ2n) is 12.5. The zero-order chi connectivity index (χ0) is 35.8. The molecular weight excluding hydrogens is 671 g/mol. The van der Waals surface area contributed by atoms with Crippen molar-refractivity contribution in [1.82, 2.24) is 54.0 Å². The van der Waals surface area contributed by atoms with Crippen molar-refractivity contribution in [1.29, 1.82) is 0 Å². The smallest absolute Gasteiger partial charge is 0.182 e. The van der Waals surface area contributed by atoms with Gasteiger partial charge < -0.3 is 0 Å². The summed E-state index contributed by atoms with van der Waals surface area (Å²) in [5.41, 5.74) is 9.40. The molecule has 3 aromatic carbocycles. The first-order chi connectivity index (χ1) is 26.8. The number of hydrogen-bond acceptors (Lipinski definition) is 9. The van der Waals surface area contributed by atoms with Crippen LogP contribution in [-0.4, -0.2) is 54.0 Å². The summed E-state index contributed by atoms with van der Waals surface area (Å²) in [5, 5.41) is 0. The van der Waals surface area contributed by atoms with E-state index in [9.17, 15) is 0 Å². The standard InChI is InChI=1S/C43H27N11/c1-2-8-28(9-3-1)39-50-40(35-16-14-29(26-46-35)42-48-33-10-4-6-12-37(33)53(42)31-18-22-44-23-19-31)52-41(51-39)36-17-15-30(27-47-36)43-49-34-11-5-7-13-38(34)54(43)32-20-24-45-25-21-32/h1-27H. The monoisotopic (exact) mass is 697 g/mol. The van der Waals surface area contributed by atoms with Gasteiger partial charge in [-0.25, -0.2) is 24.9 Å². The Kier molecular flexibility index (Phi) is 7.50. The zero-order valence-corrected chi connectivity index (χ0v) is 28.5. The molecule has 0 aliphatic heterocycles. The Morgan fingerprint density at radius 1 is 0.352 bits per heavy atom. The Hall–Kier alpha value is -7.79. The van der Waals surface area contributed by atoms with Gasteiger partial charge in [0.1, 0.15) is 23.0 Å². The van der Waals surface area contributed by atoms with Crippen molar-refractivity contribution in [3.8, 4) is 68.6 Å². The summed E-state index contributed by atoms with van der Waals surface area (Å²) < 4.78 is 4.23. The summed E-state index contributed by atoms with van der Waals surface area (Å²) >= 11 is 0. The highest BCUT2D eigenvalue weighted by molar-refractivity contribution is 5.84. The van der Waals surface area contributed by atoms with Gasteiger partial charge in [-0.2, -0.15) is 0 Å². The van der Waals surface area contributed by atoms with Crippen LogP contribution in [0.25, 0.3) is 90.6 Å². The van der Waals surface area contributed by atoms with E-state index in [1.165, 1.54) is 0 Å². The molecule has 0 aliphatic carbocycles. The molecule has 0 N–H and O–H groups in total. The van der Waals surface area contributed by atoms with Crippen LogP contribution < -0.4 is 0 Å². The summed E-state index contributed by atoms with van der Waals surface area (Å²) in [7, 11) is 0. The maximum Gasteiger partial charge on any atom is 0.182 e. The predicted molar refractivity (Wildman–Crippen MR) is 207 cm³/mol. The number of aromatic nitrogens is 11. The lowest BCUT2D eigenvalue weighted by Gasteiger charge is -2.11. The van der Waals surface area contributed by atoms with E-state index in [1.807, 2.05) is 128 Å². The van der Waals surface area contributed by atoms with Crippen LogP contribution in [0.5, 0.6) is 0 Å². The molecule has 0 radical (unpaired) electrons. The number of imidazole rings is 2. The molecule has 0 saturated heterocycles. The third kappa shape index (κ3) is 5.53. The fraction of sp³-hybridized carbons (Fsp3) is 0. The van der Waals surface area contributed by atoms with Crippen molar-refractivity contribution in [3.05, 3.63) is 165 Å². The molecule has 11 nitrogen and oxygen atoms in total. The average molecular weight is 698 g/mol. The van der Waals surface area contributed by atoms with Gasteiger partial charge in [0.15, 0.2) is 17.5 Å². The van der Waals surface area contributed by atoms with Crippen LogP contribution in [0.1, 0.15) is 0 Å². The van der Waals surface area contributed by atoms with Crippen LogP contribution in [0, 0.1) is 0 Å². The van der Waals surface area contributed by atoms with Crippen molar-refractivity contribution in [3.63, 3.8) is 0 Å². The van der Waals surface area contributed by atoms with Gasteiger partial charge in [0, 0.05) is 53.9 Å². The summed E-state index contributed by atoms with van der Waals surface area (Å²) in [5.74, 6) is 2.91. The van der Waals surface area contributed by atoms with Gasteiger partial charge in [0.05, 0.1) is 33.4 Å². The maximum atomic E-state index is 4.98. The first-order valence-corrected chi connectivity index (χ1v) is 17.3. The van der Waals surface area contributed by atoms with Gasteiger partial charge >= 0.3 is 0 Å². The molecule has 0 aliphatic rings. The number of hydrogen-bond donors (Lipinski definition) is 0. The molecule has 254 valence electrons. The lowest BCUT2D eigenvalue weighted by molar-refractivity contribution is 1.04. The second kappa shape index (κ2) is 13.1. The Bertz CT molecular complexity index is 2730. The first kappa shape index (κ1) is 31.0. The molecule has 0 atom stereocenters. The fourth-order valence-electron chi connectivity index (χ4n) is 6.59. The molecule has 0 amide bonds. The largest absolute Gasteiger partial charge is 0.292 e.